The summed E-state index contributed by atoms with van der Waals surface area (Å²) in [5, 5.41) is 1.43. The van der Waals surface area contributed by atoms with Crippen LogP contribution in [0.2, 0.25) is 0 Å². The van der Waals surface area contributed by atoms with Crippen LogP contribution in [0.25, 0.3) is 0 Å². The maximum Gasteiger partial charge on any atom is 0.0583 e. The highest BCUT2D eigenvalue weighted by atomic mass is 35.5. The Balaban J connectivity index is 2.29. The van der Waals surface area contributed by atoms with Crippen molar-refractivity contribution in [3.8, 4) is 0 Å². The molecule has 0 fully saturated rings. The summed E-state index contributed by atoms with van der Waals surface area (Å²) >= 11 is 11.8. The lowest BCUT2D eigenvalue weighted by atomic mass is 10.2. The summed E-state index contributed by atoms with van der Waals surface area (Å²) in [7, 11) is 0. The Hall–Kier alpha value is -0.140. The van der Waals surface area contributed by atoms with E-state index >= 15 is 0 Å². The predicted molar refractivity (Wildman–Crippen MR) is 59.0 cm³/mol. The molecule has 0 N–H and O–H groups in total. The topological polar surface area (TPSA) is 3.24 Å². The van der Waals surface area contributed by atoms with Gasteiger partial charge in [0.05, 0.1) is 16.6 Å². The monoisotopic (exact) mass is 219 g/mol. The Morgan fingerprint density at radius 2 is 2.15 bits per heavy atom. The maximum atomic E-state index is 5.93. The summed E-state index contributed by atoms with van der Waals surface area (Å²) in [6.45, 7) is 4.04. The molecule has 1 aliphatic heterocycles. The number of allylic oxidation sites excluding steroid dienone is 2. The van der Waals surface area contributed by atoms with Gasteiger partial charge < -0.3 is 4.90 Å². The van der Waals surface area contributed by atoms with Crippen molar-refractivity contribution in [2.24, 2.45) is 0 Å². The van der Waals surface area contributed by atoms with Gasteiger partial charge in [-0.3, -0.25) is 0 Å². The first-order valence-corrected chi connectivity index (χ1v) is 5.46. The molecular weight excluding hydrogens is 205 g/mol. The molecule has 0 aromatic carbocycles. The molecule has 1 aliphatic rings. The van der Waals surface area contributed by atoms with Crippen LogP contribution in [0.15, 0.2) is 22.3 Å². The predicted octanol–water partition coefficient (Wildman–Crippen LogP) is 3.70. The van der Waals surface area contributed by atoms with Crippen LogP contribution in [0.3, 0.4) is 0 Å². The minimum Gasteiger partial charge on any atom is -0.372 e. The third kappa shape index (κ3) is 3.61. The molecule has 13 heavy (non-hydrogen) atoms. The van der Waals surface area contributed by atoms with Gasteiger partial charge in [-0.15, -0.1) is 0 Å². The zero-order chi connectivity index (χ0) is 9.68. The summed E-state index contributed by atoms with van der Waals surface area (Å²) < 4.78 is 0. The molecule has 0 unspecified atom stereocenters. The average molecular weight is 220 g/mol. The fourth-order valence-corrected chi connectivity index (χ4v) is 1.62. The molecule has 0 aliphatic carbocycles. The summed E-state index contributed by atoms with van der Waals surface area (Å²) in [5.74, 6) is 0. The van der Waals surface area contributed by atoms with Crippen molar-refractivity contribution >= 4 is 23.2 Å². The fraction of sp³-hybridized carbons (Fsp3) is 0.600. The van der Waals surface area contributed by atoms with Crippen molar-refractivity contribution in [1.82, 2.24) is 4.90 Å². The van der Waals surface area contributed by atoms with E-state index in [-0.39, 0.29) is 0 Å². The summed E-state index contributed by atoms with van der Waals surface area (Å²) in [6.07, 6.45) is 7.63. The van der Waals surface area contributed by atoms with Gasteiger partial charge in [-0.1, -0.05) is 43.0 Å². The highest BCUT2D eigenvalue weighted by molar-refractivity contribution is 6.40. The standard InChI is InChI=1S/C10H15Cl2N/c1-2-3-4-6-13-7-5-9(11)10(12)8-13/h5,7H,2-4,6,8H2,1H3. The SMILES string of the molecule is CCCCCN1C=CC(Cl)=C(Cl)C1. The van der Waals surface area contributed by atoms with Gasteiger partial charge in [0.2, 0.25) is 0 Å². The summed E-state index contributed by atoms with van der Waals surface area (Å²) in [4.78, 5) is 2.20. The second-order valence-corrected chi connectivity index (χ2v) is 4.11. The number of hydrogen-bond donors (Lipinski definition) is 0. The van der Waals surface area contributed by atoms with Crippen molar-refractivity contribution in [3.05, 3.63) is 22.3 Å². The van der Waals surface area contributed by atoms with E-state index in [2.05, 4.69) is 11.8 Å². The van der Waals surface area contributed by atoms with E-state index in [4.69, 9.17) is 23.2 Å². The van der Waals surface area contributed by atoms with Gasteiger partial charge in [0.15, 0.2) is 0 Å². The van der Waals surface area contributed by atoms with Crippen LogP contribution < -0.4 is 0 Å². The Labute approximate surface area is 90.0 Å². The van der Waals surface area contributed by atoms with E-state index in [0.717, 1.165) is 18.1 Å². The number of halogens is 2. The van der Waals surface area contributed by atoms with Crippen molar-refractivity contribution < 1.29 is 0 Å². The Morgan fingerprint density at radius 3 is 2.77 bits per heavy atom. The van der Waals surface area contributed by atoms with Gasteiger partial charge in [-0.05, 0) is 12.5 Å². The average Bonchev–Trinajstić information content (AvgIpc) is 2.12. The highest BCUT2D eigenvalue weighted by Crippen LogP contribution is 2.21. The number of rotatable bonds is 4. The maximum absolute atomic E-state index is 5.93. The molecular formula is C10H15Cl2N. The number of nitrogens with zero attached hydrogens (tertiary/aromatic N) is 1. The molecule has 0 saturated heterocycles. The lowest BCUT2D eigenvalue weighted by Crippen LogP contribution is -2.22. The van der Waals surface area contributed by atoms with Gasteiger partial charge in [-0.2, -0.15) is 0 Å². The van der Waals surface area contributed by atoms with Crippen molar-refractivity contribution in [2.75, 3.05) is 13.1 Å². The van der Waals surface area contributed by atoms with Crippen LogP contribution >= 0.6 is 23.2 Å². The lowest BCUT2D eigenvalue weighted by Gasteiger charge is -2.23. The quantitative estimate of drug-likeness (QED) is 0.653. The molecule has 0 amide bonds. The van der Waals surface area contributed by atoms with Gasteiger partial charge >= 0.3 is 0 Å². The van der Waals surface area contributed by atoms with E-state index in [0.29, 0.717) is 5.03 Å². The van der Waals surface area contributed by atoms with E-state index < -0.39 is 0 Å². The minimum absolute atomic E-state index is 0.674. The summed E-state index contributed by atoms with van der Waals surface area (Å²) in [6, 6.07) is 0. The summed E-state index contributed by atoms with van der Waals surface area (Å²) in [5.41, 5.74) is 0. The van der Waals surface area contributed by atoms with Gasteiger partial charge in [0.1, 0.15) is 0 Å². The normalized spacial score (nSPS) is 17.0. The van der Waals surface area contributed by atoms with Gasteiger partial charge in [0.25, 0.3) is 0 Å². The first-order valence-electron chi connectivity index (χ1n) is 4.70. The first kappa shape index (κ1) is 10.9. The van der Waals surface area contributed by atoms with E-state index in [1.54, 1.807) is 0 Å². The number of hydrogen-bond acceptors (Lipinski definition) is 1. The molecule has 0 saturated carbocycles. The van der Waals surface area contributed by atoms with Crippen LogP contribution in [0.1, 0.15) is 26.2 Å². The zero-order valence-electron chi connectivity index (χ0n) is 7.89. The fourth-order valence-electron chi connectivity index (χ4n) is 1.29. The minimum atomic E-state index is 0.674. The van der Waals surface area contributed by atoms with Crippen molar-refractivity contribution in [1.29, 1.82) is 0 Å². The molecule has 1 nitrogen and oxygen atoms in total. The van der Waals surface area contributed by atoms with Crippen LogP contribution in [-0.2, 0) is 0 Å². The number of unbranched alkanes of at least 4 members (excludes halogenated alkanes) is 2. The van der Waals surface area contributed by atoms with Crippen LogP contribution in [-0.4, -0.2) is 18.0 Å². The largest absolute Gasteiger partial charge is 0.372 e. The zero-order valence-corrected chi connectivity index (χ0v) is 9.41. The molecule has 0 atom stereocenters. The van der Waals surface area contributed by atoms with Crippen LogP contribution in [0, 0.1) is 0 Å². The molecule has 74 valence electrons. The Morgan fingerprint density at radius 1 is 1.38 bits per heavy atom. The molecule has 0 radical (unpaired) electrons. The second kappa shape index (κ2) is 5.56. The van der Waals surface area contributed by atoms with Crippen LogP contribution in [0.5, 0.6) is 0 Å². The Kier molecular flexibility index (Phi) is 4.68. The molecule has 3 heteroatoms. The second-order valence-electron chi connectivity index (χ2n) is 3.25. The van der Waals surface area contributed by atoms with E-state index in [1.807, 2.05) is 12.3 Å². The molecule has 0 spiro atoms. The van der Waals surface area contributed by atoms with E-state index in [9.17, 15) is 0 Å². The third-order valence-corrected chi connectivity index (χ3v) is 2.86. The molecule has 0 bridgehead atoms. The smallest absolute Gasteiger partial charge is 0.0583 e. The van der Waals surface area contributed by atoms with Crippen molar-refractivity contribution in [2.45, 2.75) is 26.2 Å². The highest BCUT2D eigenvalue weighted by Gasteiger charge is 2.09. The molecule has 1 rings (SSSR count). The van der Waals surface area contributed by atoms with Gasteiger partial charge in [0, 0.05) is 12.7 Å². The molecule has 0 aromatic rings. The lowest BCUT2D eigenvalue weighted by molar-refractivity contribution is 0.393. The Bertz CT molecular complexity index is 221. The van der Waals surface area contributed by atoms with Crippen LogP contribution in [0.4, 0.5) is 0 Å². The van der Waals surface area contributed by atoms with Gasteiger partial charge in [-0.25, -0.2) is 0 Å². The molecule has 0 aromatic heterocycles. The van der Waals surface area contributed by atoms with E-state index in [1.165, 1.54) is 19.3 Å². The third-order valence-electron chi connectivity index (χ3n) is 2.08. The molecule has 1 heterocycles. The first-order chi connectivity index (χ1) is 6.24. The van der Waals surface area contributed by atoms with Crippen molar-refractivity contribution in [3.63, 3.8) is 0 Å².